The summed E-state index contributed by atoms with van der Waals surface area (Å²) >= 11 is 0. The van der Waals surface area contributed by atoms with Gasteiger partial charge in [-0.1, -0.05) is 12.1 Å². The molecule has 2 aromatic carbocycles. The Kier molecular flexibility index (Phi) is 3.62. The number of nitrogens with one attached hydrogen (secondary N) is 1. The average molecular weight is 332 g/mol. The number of benzene rings is 2. The molecule has 6 heteroatoms. The van der Waals surface area contributed by atoms with Crippen molar-refractivity contribution in [3.05, 3.63) is 59.2 Å². The van der Waals surface area contributed by atoms with E-state index in [0.717, 1.165) is 23.3 Å². The summed E-state index contributed by atoms with van der Waals surface area (Å²) < 4.78 is 5.40. The van der Waals surface area contributed by atoms with Gasteiger partial charge in [0.25, 0.3) is 5.91 Å². The summed E-state index contributed by atoms with van der Waals surface area (Å²) in [5, 5.41) is 18.5. The van der Waals surface area contributed by atoms with Crippen LogP contribution in [-0.2, 0) is 4.79 Å². The molecule has 0 unspecified atom stereocenters. The highest BCUT2D eigenvalue weighted by molar-refractivity contribution is 6.04. The molecule has 1 amide bonds. The van der Waals surface area contributed by atoms with E-state index in [-0.39, 0.29) is 18.6 Å². The van der Waals surface area contributed by atoms with Crippen LogP contribution in [0.5, 0.6) is 5.75 Å². The monoisotopic (exact) mass is 332 g/mol. The number of fused-ring (bicyclic) bond motifs is 1. The van der Waals surface area contributed by atoms with Crippen molar-refractivity contribution in [1.29, 1.82) is 5.26 Å². The van der Waals surface area contributed by atoms with Crippen molar-refractivity contribution in [2.75, 3.05) is 19.0 Å². The van der Waals surface area contributed by atoms with Crippen LogP contribution < -0.4 is 10.1 Å². The second-order valence-corrected chi connectivity index (χ2v) is 6.13. The van der Waals surface area contributed by atoms with Crippen molar-refractivity contribution in [2.45, 2.75) is 12.5 Å². The van der Waals surface area contributed by atoms with Crippen LogP contribution in [0, 0.1) is 11.3 Å². The minimum absolute atomic E-state index is 0.0489. The molecule has 1 atom stereocenters. The third kappa shape index (κ3) is 2.81. The van der Waals surface area contributed by atoms with Gasteiger partial charge in [0.05, 0.1) is 29.1 Å². The van der Waals surface area contributed by atoms with Crippen LogP contribution in [0.15, 0.2) is 47.6 Å². The summed E-state index contributed by atoms with van der Waals surface area (Å²) in [6.45, 7) is 0.0489. The van der Waals surface area contributed by atoms with E-state index in [1.807, 2.05) is 48.5 Å². The number of hydrogen-bond donors (Lipinski definition) is 1. The molecule has 25 heavy (non-hydrogen) atoms. The molecular formula is C19H16N4O2. The minimum atomic E-state index is -0.152. The second kappa shape index (κ2) is 5.95. The molecule has 0 saturated carbocycles. The predicted octanol–water partition coefficient (Wildman–Crippen LogP) is 2.67. The Morgan fingerprint density at radius 1 is 1.32 bits per heavy atom. The first-order valence-electron chi connectivity index (χ1n) is 8.01. The Labute approximate surface area is 145 Å². The summed E-state index contributed by atoms with van der Waals surface area (Å²) in [7, 11) is 1.93. The number of anilines is 1. The van der Waals surface area contributed by atoms with Crippen molar-refractivity contribution in [1.82, 2.24) is 5.01 Å². The zero-order chi connectivity index (χ0) is 17.4. The maximum Gasteiger partial charge on any atom is 0.262 e. The maximum atomic E-state index is 11.5. The lowest BCUT2D eigenvalue weighted by Gasteiger charge is -2.19. The van der Waals surface area contributed by atoms with Gasteiger partial charge in [0.15, 0.2) is 6.61 Å². The first kappa shape index (κ1) is 15.2. The second-order valence-electron chi connectivity index (χ2n) is 6.13. The lowest BCUT2D eigenvalue weighted by molar-refractivity contribution is -0.118. The molecule has 2 aliphatic heterocycles. The molecule has 2 heterocycles. The largest absolute Gasteiger partial charge is 0.482 e. The summed E-state index contributed by atoms with van der Waals surface area (Å²) in [5.41, 5.74) is 4.28. The van der Waals surface area contributed by atoms with E-state index in [0.29, 0.717) is 17.0 Å². The smallest absolute Gasteiger partial charge is 0.262 e. The SMILES string of the molecule is CN1N=C(c2ccc3c(c2)NC(=O)CO3)C[C@@H]1c1cccc(C#N)c1. The number of nitrogens with zero attached hydrogens (tertiary/aromatic N) is 3. The zero-order valence-electron chi connectivity index (χ0n) is 13.7. The van der Waals surface area contributed by atoms with Gasteiger partial charge >= 0.3 is 0 Å². The van der Waals surface area contributed by atoms with E-state index >= 15 is 0 Å². The summed E-state index contributed by atoms with van der Waals surface area (Å²) in [5.74, 6) is 0.523. The third-order valence-corrected chi connectivity index (χ3v) is 4.46. The van der Waals surface area contributed by atoms with Gasteiger partial charge in [0.2, 0.25) is 0 Å². The Morgan fingerprint density at radius 3 is 3.04 bits per heavy atom. The van der Waals surface area contributed by atoms with Gasteiger partial charge in [-0.05, 0) is 35.9 Å². The summed E-state index contributed by atoms with van der Waals surface area (Å²) in [6, 6.07) is 15.6. The van der Waals surface area contributed by atoms with Gasteiger partial charge < -0.3 is 10.1 Å². The predicted molar refractivity (Wildman–Crippen MR) is 93.4 cm³/mol. The number of rotatable bonds is 2. The Bertz CT molecular complexity index is 929. The molecule has 0 radical (unpaired) electrons. The Balaban J connectivity index is 1.61. The van der Waals surface area contributed by atoms with E-state index in [9.17, 15) is 4.79 Å². The highest BCUT2D eigenvalue weighted by Crippen LogP contribution is 2.34. The number of hydrazone groups is 1. The first-order valence-corrected chi connectivity index (χ1v) is 8.01. The van der Waals surface area contributed by atoms with Crippen LogP contribution in [0.2, 0.25) is 0 Å². The highest BCUT2D eigenvalue weighted by Gasteiger charge is 2.27. The van der Waals surface area contributed by atoms with Crippen LogP contribution in [0.4, 0.5) is 5.69 Å². The number of amides is 1. The number of nitriles is 1. The van der Waals surface area contributed by atoms with Gasteiger partial charge in [0.1, 0.15) is 5.75 Å². The topological polar surface area (TPSA) is 77.7 Å². The van der Waals surface area contributed by atoms with E-state index in [1.165, 1.54) is 0 Å². The average Bonchev–Trinajstić information content (AvgIpc) is 3.03. The fraction of sp³-hybridized carbons (Fsp3) is 0.211. The normalized spacial score (nSPS) is 18.7. The molecule has 0 spiro atoms. The number of hydrogen-bond acceptors (Lipinski definition) is 5. The van der Waals surface area contributed by atoms with Crippen molar-refractivity contribution in [3.8, 4) is 11.8 Å². The molecule has 2 aromatic rings. The fourth-order valence-electron chi connectivity index (χ4n) is 3.20. The van der Waals surface area contributed by atoms with Gasteiger partial charge in [-0.25, -0.2) is 0 Å². The van der Waals surface area contributed by atoms with Crippen LogP contribution in [0.1, 0.15) is 29.2 Å². The Hall–Kier alpha value is -3.33. The van der Waals surface area contributed by atoms with E-state index in [1.54, 1.807) is 6.07 Å². The molecule has 124 valence electrons. The number of carbonyl (C=O) groups excluding carboxylic acids is 1. The molecule has 4 rings (SSSR count). The van der Waals surface area contributed by atoms with Crippen molar-refractivity contribution >= 4 is 17.3 Å². The van der Waals surface area contributed by atoms with Crippen molar-refractivity contribution < 1.29 is 9.53 Å². The third-order valence-electron chi connectivity index (χ3n) is 4.46. The van der Waals surface area contributed by atoms with Gasteiger partial charge in [0, 0.05) is 19.0 Å². The van der Waals surface area contributed by atoms with Crippen molar-refractivity contribution in [3.63, 3.8) is 0 Å². The van der Waals surface area contributed by atoms with Crippen LogP contribution in [0.3, 0.4) is 0 Å². The molecule has 0 fully saturated rings. The molecule has 0 aliphatic carbocycles. The van der Waals surface area contributed by atoms with E-state index in [4.69, 9.17) is 10.00 Å². The van der Waals surface area contributed by atoms with E-state index in [2.05, 4.69) is 16.5 Å². The fourth-order valence-corrected chi connectivity index (χ4v) is 3.20. The lowest BCUT2D eigenvalue weighted by Crippen LogP contribution is -2.25. The molecule has 0 aromatic heterocycles. The first-order chi connectivity index (χ1) is 12.1. The number of ether oxygens (including phenoxy) is 1. The standard InChI is InChI=1S/C19H16N4O2/c1-23-17(14-4-2-3-12(7-14)10-20)9-15(22-23)13-5-6-18-16(8-13)21-19(24)11-25-18/h2-8,17H,9,11H2,1H3,(H,21,24)/t17-/m1/s1. The van der Waals surface area contributed by atoms with Gasteiger partial charge in [-0.3, -0.25) is 9.80 Å². The van der Waals surface area contributed by atoms with Crippen LogP contribution in [-0.4, -0.2) is 30.3 Å². The van der Waals surface area contributed by atoms with Crippen LogP contribution >= 0.6 is 0 Å². The summed E-state index contributed by atoms with van der Waals surface area (Å²) in [6.07, 6.45) is 0.735. The minimum Gasteiger partial charge on any atom is -0.482 e. The molecule has 0 saturated heterocycles. The highest BCUT2D eigenvalue weighted by atomic mass is 16.5. The molecule has 6 nitrogen and oxygen atoms in total. The van der Waals surface area contributed by atoms with Crippen LogP contribution in [0.25, 0.3) is 0 Å². The van der Waals surface area contributed by atoms with E-state index < -0.39 is 0 Å². The van der Waals surface area contributed by atoms with Gasteiger partial charge in [-0.15, -0.1) is 0 Å². The number of carbonyl (C=O) groups is 1. The lowest BCUT2D eigenvalue weighted by atomic mass is 9.97. The molecule has 2 aliphatic rings. The maximum absolute atomic E-state index is 11.5. The molecule has 1 N–H and O–H groups in total. The molecule has 0 bridgehead atoms. The van der Waals surface area contributed by atoms with Crippen molar-refractivity contribution in [2.24, 2.45) is 5.10 Å². The molecular weight excluding hydrogens is 316 g/mol. The quantitative estimate of drug-likeness (QED) is 0.917. The van der Waals surface area contributed by atoms with Gasteiger partial charge in [-0.2, -0.15) is 10.4 Å². The zero-order valence-corrected chi connectivity index (χ0v) is 13.7. The summed E-state index contributed by atoms with van der Waals surface area (Å²) in [4.78, 5) is 11.5. The Morgan fingerprint density at radius 2 is 2.20 bits per heavy atom.